The average molecular weight is 376 g/mol. The minimum Gasteiger partial charge on any atom is -0.376 e. The number of nitrogens with one attached hydrogen (secondary N) is 2. The second kappa shape index (κ2) is 7.59. The highest BCUT2D eigenvalue weighted by atomic mass is 32.2. The molecule has 7 nitrogen and oxygen atoms in total. The lowest BCUT2D eigenvalue weighted by atomic mass is 10.1. The molecule has 2 N–H and O–H groups in total. The van der Waals surface area contributed by atoms with E-state index in [1.165, 1.54) is 0 Å². The second-order valence-corrected chi connectivity index (χ2v) is 8.27. The maximum absolute atomic E-state index is 12.7. The maximum Gasteiger partial charge on any atom is 0.263 e. The van der Waals surface area contributed by atoms with Gasteiger partial charge in [0.05, 0.1) is 11.0 Å². The van der Waals surface area contributed by atoms with Crippen LogP contribution in [0, 0.1) is 20.8 Å². The first kappa shape index (κ1) is 18.6. The zero-order chi connectivity index (χ0) is 18.7. The number of hydrogen-bond acceptors (Lipinski definition) is 6. The lowest BCUT2D eigenvalue weighted by Crippen LogP contribution is -2.20. The van der Waals surface area contributed by atoms with Gasteiger partial charge in [-0.15, -0.1) is 10.2 Å². The van der Waals surface area contributed by atoms with Crippen molar-refractivity contribution in [1.29, 1.82) is 0 Å². The third-order valence-corrected chi connectivity index (χ3v) is 5.97. The highest BCUT2D eigenvalue weighted by molar-refractivity contribution is 7.92. The molecule has 1 saturated heterocycles. The zero-order valence-corrected chi connectivity index (χ0v) is 16.1. The Morgan fingerprint density at radius 2 is 1.77 bits per heavy atom. The van der Waals surface area contributed by atoms with Crippen LogP contribution in [-0.4, -0.2) is 37.9 Å². The van der Waals surface area contributed by atoms with E-state index in [9.17, 15) is 8.42 Å². The number of aryl methyl sites for hydroxylation is 3. The minimum absolute atomic E-state index is 0.187. The standard InChI is InChI=1S/C18H24N4O3S/c1-12-9-13(2)18(14(3)10-12)26(23,24)22-17-7-6-16(20-21-17)19-11-15-5-4-8-25-15/h6-7,9-10,15H,4-5,8,11H2,1-3H3,(H,19,20)(H,21,22). The fourth-order valence-corrected chi connectivity index (χ4v) is 4.74. The van der Waals surface area contributed by atoms with E-state index >= 15 is 0 Å². The third kappa shape index (κ3) is 4.31. The third-order valence-electron chi connectivity index (χ3n) is 4.31. The summed E-state index contributed by atoms with van der Waals surface area (Å²) < 4.78 is 33.5. The van der Waals surface area contributed by atoms with Crippen molar-refractivity contribution in [3.8, 4) is 0 Å². The van der Waals surface area contributed by atoms with E-state index in [1.54, 1.807) is 26.0 Å². The van der Waals surface area contributed by atoms with E-state index in [2.05, 4.69) is 20.2 Å². The van der Waals surface area contributed by atoms with Crippen LogP contribution in [0.3, 0.4) is 0 Å². The van der Waals surface area contributed by atoms with Gasteiger partial charge in [0.1, 0.15) is 5.82 Å². The van der Waals surface area contributed by atoms with Gasteiger partial charge in [-0.2, -0.15) is 0 Å². The molecule has 26 heavy (non-hydrogen) atoms. The summed E-state index contributed by atoms with van der Waals surface area (Å²) in [7, 11) is -3.72. The summed E-state index contributed by atoms with van der Waals surface area (Å²) in [6, 6.07) is 7.01. The topological polar surface area (TPSA) is 93.2 Å². The van der Waals surface area contributed by atoms with Crippen molar-refractivity contribution in [3.05, 3.63) is 41.0 Å². The van der Waals surface area contributed by atoms with Crippen LogP contribution in [0.5, 0.6) is 0 Å². The Labute approximate surface area is 154 Å². The van der Waals surface area contributed by atoms with Gasteiger partial charge < -0.3 is 10.1 Å². The van der Waals surface area contributed by atoms with Crippen molar-refractivity contribution >= 4 is 21.7 Å². The van der Waals surface area contributed by atoms with Gasteiger partial charge in [-0.05, 0) is 56.9 Å². The van der Waals surface area contributed by atoms with Gasteiger partial charge >= 0.3 is 0 Å². The Morgan fingerprint density at radius 3 is 2.35 bits per heavy atom. The molecule has 2 aromatic rings. The quantitative estimate of drug-likeness (QED) is 0.805. The Balaban J connectivity index is 1.70. The molecule has 0 radical (unpaired) electrons. The molecule has 1 unspecified atom stereocenters. The molecule has 1 aliphatic heterocycles. The molecule has 1 atom stereocenters. The van der Waals surface area contributed by atoms with E-state index in [4.69, 9.17) is 4.74 Å². The Bertz CT molecular complexity index is 853. The lowest BCUT2D eigenvalue weighted by Gasteiger charge is -2.14. The SMILES string of the molecule is Cc1cc(C)c(S(=O)(=O)Nc2ccc(NCC3CCCO3)nn2)c(C)c1. The van der Waals surface area contributed by atoms with Gasteiger partial charge in [0.15, 0.2) is 5.82 Å². The summed E-state index contributed by atoms with van der Waals surface area (Å²) in [5.74, 6) is 0.776. The minimum atomic E-state index is -3.72. The molecule has 0 amide bonds. The predicted octanol–water partition coefficient (Wildman–Crippen LogP) is 2.79. The fraction of sp³-hybridized carbons (Fsp3) is 0.444. The lowest BCUT2D eigenvalue weighted by molar-refractivity contribution is 0.120. The molecule has 1 aromatic heterocycles. The molecule has 3 rings (SSSR count). The highest BCUT2D eigenvalue weighted by Gasteiger charge is 2.21. The van der Waals surface area contributed by atoms with Gasteiger partial charge in [-0.25, -0.2) is 8.42 Å². The molecular formula is C18H24N4O3S. The molecule has 1 aliphatic rings. The van der Waals surface area contributed by atoms with E-state index < -0.39 is 10.0 Å². The first-order chi connectivity index (χ1) is 12.3. The van der Waals surface area contributed by atoms with Crippen LogP contribution in [0.2, 0.25) is 0 Å². The van der Waals surface area contributed by atoms with Gasteiger partial charge in [0.2, 0.25) is 0 Å². The molecule has 0 aliphatic carbocycles. The maximum atomic E-state index is 12.7. The van der Waals surface area contributed by atoms with Crippen LogP contribution < -0.4 is 10.0 Å². The molecule has 0 saturated carbocycles. The molecule has 2 heterocycles. The van der Waals surface area contributed by atoms with Crippen LogP contribution in [0.15, 0.2) is 29.2 Å². The van der Waals surface area contributed by atoms with Crippen LogP contribution in [0.1, 0.15) is 29.5 Å². The summed E-state index contributed by atoms with van der Waals surface area (Å²) in [6.07, 6.45) is 2.31. The monoisotopic (exact) mass is 376 g/mol. The summed E-state index contributed by atoms with van der Waals surface area (Å²) in [6.45, 7) is 6.99. The molecule has 8 heteroatoms. The predicted molar refractivity (Wildman–Crippen MR) is 101 cm³/mol. The largest absolute Gasteiger partial charge is 0.376 e. The normalized spacial score (nSPS) is 17.3. The Kier molecular flexibility index (Phi) is 5.43. The number of ether oxygens (including phenoxy) is 1. The fourth-order valence-electron chi connectivity index (χ4n) is 3.28. The summed E-state index contributed by atoms with van der Waals surface area (Å²) in [5.41, 5.74) is 2.44. The van der Waals surface area contributed by atoms with Crippen molar-refractivity contribution in [3.63, 3.8) is 0 Å². The Morgan fingerprint density at radius 1 is 1.12 bits per heavy atom. The highest BCUT2D eigenvalue weighted by Crippen LogP contribution is 2.24. The zero-order valence-electron chi connectivity index (χ0n) is 15.2. The Hall–Kier alpha value is -2.19. The first-order valence-corrected chi connectivity index (χ1v) is 10.1. The number of anilines is 2. The van der Waals surface area contributed by atoms with E-state index in [0.29, 0.717) is 23.5 Å². The molecule has 0 bridgehead atoms. The number of rotatable bonds is 6. The average Bonchev–Trinajstić information content (AvgIpc) is 3.06. The van der Waals surface area contributed by atoms with Gasteiger partial charge in [0, 0.05) is 13.2 Å². The van der Waals surface area contributed by atoms with Crippen LogP contribution in [0.4, 0.5) is 11.6 Å². The van der Waals surface area contributed by atoms with Crippen molar-refractivity contribution in [2.24, 2.45) is 0 Å². The van der Waals surface area contributed by atoms with Crippen LogP contribution in [0.25, 0.3) is 0 Å². The molecule has 140 valence electrons. The number of hydrogen-bond donors (Lipinski definition) is 2. The smallest absolute Gasteiger partial charge is 0.263 e. The second-order valence-electron chi connectivity index (χ2n) is 6.65. The number of benzene rings is 1. The van der Waals surface area contributed by atoms with E-state index in [1.807, 2.05) is 19.1 Å². The van der Waals surface area contributed by atoms with Crippen molar-refractivity contribution in [1.82, 2.24) is 10.2 Å². The first-order valence-electron chi connectivity index (χ1n) is 8.65. The summed E-state index contributed by atoms with van der Waals surface area (Å²) in [4.78, 5) is 0.283. The van der Waals surface area contributed by atoms with Gasteiger partial charge in [0.25, 0.3) is 10.0 Å². The number of sulfonamides is 1. The van der Waals surface area contributed by atoms with Crippen LogP contribution in [-0.2, 0) is 14.8 Å². The molecular weight excluding hydrogens is 352 g/mol. The molecule has 1 fully saturated rings. The van der Waals surface area contributed by atoms with Gasteiger partial charge in [-0.1, -0.05) is 17.7 Å². The number of nitrogens with zero attached hydrogens (tertiary/aromatic N) is 2. The summed E-state index contributed by atoms with van der Waals surface area (Å²) >= 11 is 0. The number of aromatic nitrogens is 2. The van der Waals surface area contributed by atoms with E-state index in [-0.39, 0.29) is 16.8 Å². The summed E-state index contributed by atoms with van der Waals surface area (Å²) in [5, 5.41) is 11.2. The molecule has 0 spiro atoms. The van der Waals surface area contributed by atoms with Crippen molar-refractivity contribution in [2.75, 3.05) is 23.2 Å². The van der Waals surface area contributed by atoms with Crippen molar-refractivity contribution in [2.45, 2.75) is 44.6 Å². The molecule has 1 aromatic carbocycles. The van der Waals surface area contributed by atoms with Gasteiger partial charge in [-0.3, -0.25) is 4.72 Å². The van der Waals surface area contributed by atoms with E-state index in [0.717, 1.165) is 25.0 Å². The van der Waals surface area contributed by atoms with Crippen molar-refractivity contribution < 1.29 is 13.2 Å². The van der Waals surface area contributed by atoms with Crippen LogP contribution >= 0.6 is 0 Å².